The van der Waals surface area contributed by atoms with Gasteiger partial charge in [-0.2, -0.15) is 0 Å². The number of hydrogen-bond acceptors (Lipinski definition) is 8. The Hall–Kier alpha value is -2.03. The fraction of sp³-hybridized carbons (Fsp3) is 0.619. The van der Waals surface area contributed by atoms with Crippen LogP contribution in [0.4, 0.5) is 0 Å². The highest BCUT2D eigenvalue weighted by molar-refractivity contribution is 5.99. The van der Waals surface area contributed by atoms with Crippen molar-refractivity contribution < 1.29 is 23.8 Å². The van der Waals surface area contributed by atoms with Gasteiger partial charge in [-0.1, -0.05) is 10.3 Å². The first-order chi connectivity index (χ1) is 13.9. The quantitative estimate of drug-likeness (QED) is 0.514. The van der Waals surface area contributed by atoms with Gasteiger partial charge in [0.05, 0.1) is 17.8 Å². The highest BCUT2D eigenvalue weighted by Crippen LogP contribution is 2.40. The molecule has 0 saturated heterocycles. The number of aryl methyl sites for hydroxylation is 2. The van der Waals surface area contributed by atoms with E-state index in [0.29, 0.717) is 5.92 Å². The molecule has 3 saturated carbocycles. The summed E-state index contributed by atoms with van der Waals surface area (Å²) in [6.07, 6.45) is 7.34. The van der Waals surface area contributed by atoms with Crippen LogP contribution in [0.15, 0.2) is 21.2 Å². The number of aromatic nitrogens is 2. The van der Waals surface area contributed by atoms with E-state index in [0.717, 1.165) is 41.7 Å². The molecule has 3 fully saturated rings. The van der Waals surface area contributed by atoms with Gasteiger partial charge in [-0.3, -0.25) is 9.59 Å². The third kappa shape index (κ3) is 9.65. The van der Waals surface area contributed by atoms with Crippen LogP contribution in [0.3, 0.4) is 0 Å². The van der Waals surface area contributed by atoms with Gasteiger partial charge in [-0.25, -0.2) is 5.90 Å². The van der Waals surface area contributed by atoms with Crippen molar-refractivity contribution in [1.29, 1.82) is 0 Å². The lowest BCUT2D eigenvalue weighted by Crippen LogP contribution is -2.05. The van der Waals surface area contributed by atoms with Gasteiger partial charge in [-0.15, -0.1) is 12.4 Å². The summed E-state index contributed by atoms with van der Waals surface area (Å²) in [5.41, 5.74) is 2.14. The van der Waals surface area contributed by atoms with E-state index in [1.807, 2.05) is 26.0 Å². The Morgan fingerprint density at radius 3 is 1.97 bits per heavy atom. The smallest absolute Gasteiger partial charge is 0.143 e. The van der Waals surface area contributed by atoms with E-state index in [1.54, 1.807) is 0 Å². The summed E-state index contributed by atoms with van der Waals surface area (Å²) in [4.78, 5) is 21.2. The molecule has 5 rings (SSSR count). The second-order valence-corrected chi connectivity index (χ2v) is 7.90. The molecule has 0 radical (unpaired) electrons. The summed E-state index contributed by atoms with van der Waals surface area (Å²) in [6.45, 7) is 5.34. The van der Waals surface area contributed by atoms with Gasteiger partial charge < -0.3 is 14.3 Å². The van der Waals surface area contributed by atoms with Crippen LogP contribution in [-0.2, 0) is 9.59 Å². The van der Waals surface area contributed by atoms with E-state index in [2.05, 4.69) is 16.2 Å². The monoisotopic (exact) mass is 441 g/mol. The van der Waals surface area contributed by atoms with E-state index in [-0.39, 0.29) is 36.3 Å². The van der Waals surface area contributed by atoms with Crippen molar-refractivity contribution in [2.45, 2.75) is 77.6 Å². The van der Waals surface area contributed by atoms with Gasteiger partial charge in [0.1, 0.15) is 23.1 Å². The van der Waals surface area contributed by atoms with Crippen molar-refractivity contribution in [1.82, 2.24) is 10.3 Å². The average molecular weight is 442 g/mol. The van der Waals surface area contributed by atoms with E-state index in [4.69, 9.17) is 14.3 Å². The zero-order valence-electron chi connectivity index (χ0n) is 17.8. The molecule has 0 bridgehead atoms. The lowest BCUT2D eigenvalue weighted by Gasteiger charge is -1.89. The van der Waals surface area contributed by atoms with Crippen molar-refractivity contribution in [2.75, 3.05) is 0 Å². The summed E-state index contributed by atoms with van der Waals surface area (Å²) in [5.74, 6) is 7.31. The second-order valence-electron chi connectivity index (χ2n) is 7.90. The number of nitrogens with zero attached hydrogens (tertiary/aromatic N) is 2. The molecule has 8 nitrogen and oxygen atoms in total. The standard InChI is InChI=1S/2C7H9NO.C7H10O2.ClH.H3NO/c1-5-4-7(8-9-5)6-2-3-6;1-5-4-7(9-8-5)6-2-3-6;1-5(8)4-7(9)6-2-3-6;;1-2/h2*4,6H,2-3H2,1H3;6H,2-4H2,1H3;1H;2H,1H2. The number of halogens is 1. The predicted molar refractivity (Wildman–Crippen MR) is 113 cm³/mol. The molecule has 3 aliphatic rings. The van der Waals surface area contributed by atoms with E-state index >= 15 is 0 Å². The molecule has 0 atom stereocenters. The maximum atomic E-state index is 10.8. The molecular weight excluding hydrogens is 410 g/mol. The fourth-order valence-electron chi connectivity index (χ4n) is 2.70. The first kappa shape index (κ1) is 26.0. The average Bonchev–Trinajstić information content (AvgIpc) is 3.58. The molecule has 3 N–H and O–H groups in total. The van der Waals surface area contributed by atoms with Crippen molar-refractivity contribution in [3.05, 3.63) is 35.0 Å². The molecule has 9 heteroatoms. The molecule has 2 aromatic heterocycles. The summed E-state index contributed by atoms with van der Waals surface area (Å²) < 4.78 is 9.95. The van der Waals surface area contributed by atoms with Crippen LogP contribution in [0.2, 0.25) is 0 Å². The Bertz CT molecular complexity index is 744. The van der Waals surface area contributed by atoms with Crippen LogP contribution in [0.25, 0.3) is 0 Å². The number of Topliss-reactive ketones (excluding diaryl/α,β-unsaturated/α-hetero) is 2. The molecule has 3 aliphatic carbocycles. The van der Waals surface area contributed by atoms with Crippen LogP contribution < -0.4 is 5.90 Å². The number of ketones is 2. The Kier molecular flexibility index (Phi) is 10.9. The minimum atomic E-state index is -0.00750. The maximum Gasteiger partial charge on any atom is 0.143 e. The molecule has 0 spiro atoms. The minimum Gasteiger partial charge on any atom is -0.361 e. The van der Waals surface area contributed by atoms with E-state index in [1.165, 1.54) is 32.6 Å². The Balaban J connectivity index is 0.000000212. The van der Waals surface area contributed by atoms with Crippen molar-refractivity contribution >= 4 is 24.0 Å². The van der Waals surface area contributed by atoms with Crippen LogP contribution in [0.1, 0.15) is 86.6 Å². The number of carbonyl (C=O) groups excluding carboxylic acids is 2. The molecule has 2 heterocycles. The lowest BCUT2D eigenvalue weighted by atomic mass is 10.1. The Labute approximate surface area is 182 Å². The van der Waals surface area contributed by atoms with E-state index in [9.17, 15) is 9.59 Å². The summed E-state index contributed by atoms with van der Waals surface area (Å²) in [6, 6.07) is 4.05. The number of rotatable bonds is 5. The molecular formula is C21H32ClN3O5. The predicted octanol–water partition coefficient (Wildman–Crippen LogP) is 4.42. The van der Waals surface area contributed by atoms with Gasteiger partial charge in [0.15, 0.2) is 0 Å². The zero-order valence-corrected chi connectivity index (χ0v) is 18.6. The molecule has 0 aliphatic heterocycles. The summed E-state index contributed by atoms with van der Waals surface area (Å²) >= 11 is 0. The molecule has 30 heavy (non-hydrogen) atoms. The first-order valence-corrected chi connectivity index (χ1v) is 10.1. The highest BCUT2D eigenvalue weighted by Gasteiger charge is 2.29. The second kappa shape index (κ2) is 12.6. The van der Waals surface area contributed by atoms with Gasteiger partial charge >= 0.3 is 0 Å². The van der Waals surface area contributed by atoms with Crippen molar-refractivity contribution in [3.8, 4) is 0 Å². The summed E-state index contributed by atoms with van der Waals surface area (Å²) in [5, 5.41) is 14.2. The van der Waals surface area contributed by atoms with Gasteiger partial charge in [0.2, 0.25) is 0 Å². The zero-order chi connectivity index (χ0) is 21.4. The number of nitrogens with two attached hydrogens (primary N) is 1. The normalized spacial score (nSPS) is 16.4. The van der Waals surface area contributed by atoms with Crippen molar-refractivity contribution in [2.24, 2.45) is 11.8 Å². The largest absolute Gasteiger partial charge is 0.361 e. The first-order valence-electron chi connectivity index (χ1n) is 10.1. The van der Waals surface area contributed by atoms with Gasteiger partial charge in [0, 0.05) is 29.9 Å². The summed E-state index contributed by atoms with van der Waals surface area (Å²) in [7, 11) is 0. The van der Waals surface area contributed by atoms with Crippen LogP contribution in [0.5, 0.6) is 0 Å². The molecule has 0 amide bonds. The van der Waals surface area contributed by atoms with Crippen molar-refractivity contribution in [3.63, 3.8) is 0 Å². The Morgan fingerprint density at radius 1 is 1.00 bits per heavy atom. The van der Waals surface area contributed by atoms with Gasteiger partial charge in [-0.05, 0) is 59.3 Å². The Morgan fingerprint density at radius 2 is 1.60 bits per heavy atom. The third-order valence-electron chi connectivity index (χ3n) is 4.72. The van der Waals surface area contributed by atoms with Gasteiger partial charge in [0.25, 0.3) is 0 Å². The number of carbonyl (C=O) groups is 2. The highest BCUT2D eigenvalue weighted by atomic mass is 35.5. The minimum absolute atomic E-state index is 0. The maximum absolute atomic E-state index is 10.8. The lowest BCUT2D eigenvalue weighted by molar-refractivity contribution is -0.126. The molecule has 2 aromatic rings. The molecule has 0 unspecified atom stereocenters. The topological polar surface area (TPSA) is 132 Å². The van der Waals surface area contributed by atoms with E-state index < -0.39 is 0 Å². The van der Waals surface area contributed by atoms with Crippen LogP contribution in [-0.4, -0.2) is 27.1 Å². The van der Waals surface area contributed by atoms with Crippen LogP contribution in [0, 0.1) is 19.8 Å². The fourth-order valence-corrected chi connectivity index (χ4v) is 2.70. The third-order valence-corrected chi connectivity index (χ3v) is 4.72. The number of hydrogen-bond donors (Lipinski definition) is 2. The molecule has 168 valence electrons. The SMILES string of the molecule is CC(=O)CC(=O)C1CC1.Cc1cc(C2CC2)no1.Cc1cc(C2CC2)on1.Cl.NO. The molecule has 0 aromatic carbocycles. The van der Waals surface area contributed by atoms with Crippen LogP contribution >= 0.6 is 12.4 Å².